The van der Waals surface area contributed by atoms with Crippen LogP contribution in [-0.2, 0) is 14.4 Å². The average molecular weight is 382 g/mol. The molecular weight excluding hydrogens is 363 g/mol. The van der Waals surface area contributed by atoms with E-state index in [9.17, 15) is 23.9 Å². The Kier molecular flexibility index (Phi) is 5.54. The quantitative estimate of drug-likeness (QED) is 0.472. The molecule has 2 N–H and O–H groups in total. The zero-order valence-corrected chi connectivity index (χ0v) is 15.2. The highest BCUT2D eigenvalue weighted by atomic mass is 19.1. The number of amides is 2. The van der Waals surface area contributed by atoms with Crippen molar-refractivity contribution in [3.8, 4) is 0 Å². The summed E-state index contributed by atoms with van der Waals surface area (Å²) >= 11 is 0. The molecule has 7 heteroatoms. The molecule has 2 aromatic rings. The number of carbonyl (C=O) groups excluding carboxylic acids is 3. The Morgan fingerprint density at radius 1 is 1.11 bits per heavy atom. The van der Waals surface area contributed by atoms with Gasteiger partial charge >= 0.3 is 0 Å². The average Bonchev–Trinajstić information content (AvgIpc) is 2.93. The van der Waals surface area contributed by atoms with Crippen molar-refractivity contribution < 1.29 is 23.9 Å². The molecule has 2 amide bonds. The molecule has 2 aromatic carbocycles. The van der Waals surface area contributed by atoms with E-state index in [0.717, 1.165) is 0 Å². The van der Waals surface area contributed by atoms with Crippen LogP contribution in [0.15, 0.2) is 60.2 Å². The number of halogens is 1. The molecule has 1 atom stereocenters. The monoisotopic (exact) mass is 382 g/mol. The lowest BCUT2D eigenvalue weighted by Crippen LogP contribution is -2.37. The number of rotatable bonds is 5. The van der Waals surface area contributed by atoms with Gasteiger partial charge in [0.15, 0.2) is 0 Å². The van der Waals surface area contributed by atoms with Crippen LogP contribution in [-0.4, -0.2) is 40.7 Å². The van der Waals surface area contributed by atoms with Crippen LogP contribution in [0.5, 0.6) is 0 Å². The third-order valence-electron chi connectivity index (χ3n) is 4.50. The van der Waals surface area contributed by atoms with Crippen molar-refractivity contribution in [1.82, 2.24) is 10.2 Å². The Hall–Kier alpha value is -3.48. The Bertz CT molecular complexity index is 939. The van der Waals surface area contributed by atoms with Crippen molar-refractivity contribution in [2.75, 3.05) is 13.1 Å². The van der Waals surface area contributed by atoms with Crippen molar-refractivity contribution in [3.63, 3.8) is 0 Å². The first kappa shape index (κ1) is 19.3. The van der Waals surface area contributed by atoms with Gasteiger partial charge in [0.25, 0.3) is 11.7 Å². The number of Topliss-reactive ketones (excluding diaryl/α,β-unsaturated/α-hetero) is 1. The van der Waals surface area contributed by atoms with Gasteiger partial charge in [0.05, 0.1) is 11.6 Å². The van der Waals surface area contributed by atoms with Crippen LogP contribution < -0.4 is 5.32 Å². The van der Waals surface area contributed by atoms with Crippen LogP contribution >= 0.6 is 0 Å². The summed E-state index contributed by atoms with van der Waals surface area (Å²) < 4.78 is 13.4. The second-order valence-electron chi connectivity index (χ2n) is 6.39. The standard InChI is InChI=1S/C21H19FN2O4/c1-13(25)23-11-12-24-18(14-7-9-16(22)10-8-14)17(20(27)21(24)28)19(26)15-5-3-2-4-6-15/h2-10,18,26H,11-12H2,1H3,(H,23,25)/b19-17+/t18-/m0/s1. The molecule has 0 unspecified atom stereocenters. The van der Waals surface area contributed by atoms with Crippen molar-refractivity contribution in [2.24, 2.45) is 0 Å². The van der Waals surface area contributed by atoms with Crippen molar-refractivity contribution in [3.05, 3.63) is 77.1 Å². The van der Waals surface area contributed by atoms with Crippen LogP contribution in [0, 0.1) is 5.82 Å². The van der Waals surface area contributed by atoms with Gasteiger partial charge in [-0.05, 0) is 17.7 Å². The fraction of sp³-hybridized carbons (Fsp3) is 0.190. The van der Waals surface area contributed by atoms with Crippen LogP contribution in [0.4, 0.5) is 4.39 Å². The zero-order chi connectivity index (χ0) is 20.3. The number of ketones is 1. The number of benzene rings is 2. The molecule has 144 valence electrons. The maximum Gasteiger partial charge on any atom is 0.295 e. The molecule has 0 spiro atoms. The lowest BCUT2D eigenvalue weighted by Gasteiger charge is -2.25. The van der Waals surface area contributed by atoms with Gasteiger partial charge in [-0.15, -0.1) is 0 Å². The molecule has 1 fully saturated rings. The maximum atomic E-state index is 13.4. The molecule has 0 bridgehead atoms. The van der Waals surface area contributed by atoms with E-state index in [1.54, 1.807) is 30.3 Å². The molecule has 3 rings (SSSR count). The van der Waals surface area contributed by atoms with Crippen LogP contribution in [0.1, 0.15) is 24.1 Å². The highest BCUT2D eigenvalue weighted by molar-refractivity contribution is 6.46. The maximum absolute atomic E-state index is 13.4. The first-order chi connectivity index (χ1) is 13.4. The van der Waals surface area contributed by atoms with Gasteiger partial charge in [-0.25, -0.2) is 4.39 Å². The summed E-state index contributed by atoms with van der Waals surface area (Å²) in [6.45, 7) is 1.56. The Labute approximate surface area is 161 Å². The summed E-state index contributed by atoms with van der Waals surface area (Å²) in [6, 6.07) is 12.9. The number of nitrogens with zero attached hydrogens (tertiary/aromatic N) is 1. The van der Waals surface area contributed by atoms with E-state index in [1.165, 1.54) is 36.1 Å². The Morgan fingerprint density at radius 2 is 1.75 bits per heavy atom. The lowest BCUT2D eigenvalue weighted by atomic mass is 9.95. The topological polar surface area (TPSA) is 86.7 Å². The Balaban J connectivity index is 2.08. The zero-order valence-electron chi connectivity index (χ0n) is 15.2. The minimum Gasteiger partial charge on any atom is -0.507 e. The Morgan fingerprint density at radius 3 is 2.36 bits per heavy atom. The number of aliphatic hydroxyl groups excluding tert-OH is 1. The fourth-order valence-corrected chi connectivity index (χ4v) is 3.21. The second-order valence-corrected chi connectivity index (χ2v) is 6.39. The van der Waals surface area contributed by atoms with Gasteiger partial charge in [0.2, 0.25) is 5.91 Å². The minimum atomic E-state index is -0.880. The van der Waals surface area contributed by atoms with Crippen LogP contribution in [0.25, 0.3) is 5.76 Å². The summed E-state index contributed by atoms with van der Waals surface area (Å²) in [4.78, 5) is 37.7. The highest BCUT2D eigenvalue weighted by Gasteiger charge is 2.45. The predicted molar refractivity (Wildman–Crippen MR) is 101 cm³/mol. The summed E-state index contributed by atoms with van der Waals surface area (Å²) in [7, 11) is 0. The third kappa shape index (κ3) is 3.78. The SMILES string of the molecule is CC(=O)NCCN1C(=O)C(=O)/C(=C(/O)c2ccccc2)[C@@H]1c1ccc(F)cc1. The summed E-state index contributed by atoms with van der Waals surface area (Å²) in [5.74, 6) is -2.62. The molecule has 6 nitrogen and oxygen atoms in total. The second kappa shape index (κ2) is 8.04. The van der Waals surface area contributed by atoms with E-state index >= 15 is 0 Å². The number of hydrogen-bond donors (Lipinski definition) is 2. The molecule has 0 aliphatic carbocycles. The number of aliphatic hydroxyl groups is 1. The number of likely N-dealkylation sites (tertiary alicyclic amines) is 1. The van der Waals surface area contributed by atoms with Gasteiger partial charge in [0, 0.05) is 25.6 Å². The van der Waals surface area contributed by atoms with E-state index in [-0.39, 0.29) is 30.3 Å². The lowest BCUT2D eigenvalue weighted by molar-refractivity contribution is -0.139. The third-order valence-corrected chi connectivity index (χ3v) is 4.50. The molecule has 1 heterocycles. The normalized spacial score (nSPS) is 18.4. The molecule has 0 saturated carbocycles. The molecule has 0 radical (unpaired) electrons. The molecular formula is C21H19FN2O4. The highest BCUT2D eigenvalue weighted by Crippen LogP contribution is 2.39. The first-order valence-corrected chi connectivity index (χ1v) is 8.74. The van der Waals surface area contributed by atoms with E-state index in [1.807, 2.05) is 0 Å². The van der Waals surface area contributed by atoms with Gasteiger partial charge in [-0.1, -0.05) is 42.5 Å². The van der Waals surface area contributed by atoms with Gasteiger partial charge in [-0.2, -0.15) is 0 Å². The van der Waals surface area contributed by atoms with E-state index < -0.39 is 23.5 Å². The van der Waals surface area contributed by atoms with Crippen LogP contribution in [0.2, 0.25) is 0 Å². The van der Waals surface area contributed by atoms with E-state index in [4.69, 9.17) is 0 Å². The summed E-state index contributed by atoms with van der Waals surface area (Å²) in [6.07, 6.45) is 0. The largest absolute Gasteiger partial charge is 0.507 e. The van der Waals surface area contributed by atoms with Crippen molar-refractivity contribution >= 4 is 23.4 Å². The smallest absolute Gasteiger partial charge is 0.295 e. The minimum absolute atomic E-state index is 0.0642. The van der Waals surface area contributed by atoms with Gasteiger partial charge in [0.1, 0.15) is 11.6 Å². The van der Waals surface area contributed by atoms with E-state index in [0.29, 0.717) is 11.1 Å². The van der Waals surface area contributed by atoms with Crippen molar-refractivity contribution in [2.45, 2.75) is 13.0 Å². The summed E-state index contributed by atoms with van der Waals surface area (Å²) in [5, 5.41) is 13.3. The number of carbonyl (C=O) groups is 3. The molecule has 1 aliphatic rings. The number of hydrogen-bond acceptors (Lipinski definition) is 4. The first-order valence-electron chi connectivity index (χ1n) is 8.74. The molecule has 28 heavy (non-hydrogen) atoms. The molecule has 0 aromatic heterocycles. The molecule has 1 saturated heterocycles. The predicted octanol–water partition coefficient (Wildman–Crippen LogP) is 2.38. The van der Waals surface area contributed by atoms with Crippen molar-refractivity contribution in [1.29, 1.82) is 0 Å². The van der Waals surface area contributed by atoms with E-state index in [2.05, 4.69) is 5.32 Å². The van der Waals surface area contributed by atoms with Gasteiger partial charge < -0.3 is 15.3 Å². The fourth-order valence-electron chi connectivity index (χ4n) is 3.21. The summed E-state index contributed by atoms with van der Waals surface area (Å²) in [5.41, 5.74) is 0.820. The number of nitrogens with one attached hydrogen (secondary N) is 1. The molecule has 1 aliphatic heterocycles. The van der Waals surface area contributed by atoms with Crippen LogP contribution in [0.3, 0.4) is 0 Å². The van der Waals surface area contributed by atoms with Gasteiger partial charge in [-0.3, -0.25) is 14.4 Å².